The zero-order valence-electron chi connectivity index (χ0n) is 14.2. The van der Waals surface area contributed by atoms with Crippen LogP contribution in [0.1, 0.15) is 31.7 Å². The lowest BCUT2D eigenvalue weighted by Gasteiger charge is -2.38. The average molecular weight is 318 g/mol. The molecule has 0 aliphatic carbocycles. The Kier molecular flexibility index (Phi) is 6.02. The molecule has 5 heteroatoms. The maximum Gasteiger partial charge on any atom is 0.410 e. The second-order valence-electron chi connectivity index (χ2n) is 6.37. The van der Waals surface area contributed by atoms with Gasteiger partial charge in [-0.15, -0.1) is 0 Å². The van der Waals surface area contributed by atoms with Crippen LogP contribution >= 0.6 is 0 Å². The van der Waals surface area contributed by atoms with Gasteiger partial charge in [-0.3, -0.25) is 4.79 Å². The minimum absolute atomic E-state index is 0.0240. The Bertz CT molecular complexity index is 530. The highest BCUT2D eigenvalue weighted by Gasteiger charge is 2.33. The van der Waals surface area contributed by atoms with E-state index in [-0.39, 0.29) is 30.6 Å². The molecule has 2 atom stereocenters. The summed E-state index contributed by atoms with van der Waals surface area (Å²) in [6, 6.07) is 9.68. The molecule has 2 amide bonds. The molecule has 0 spiro atoms. The molecule has 1 fully saturated rings. The molecular weight excluding hydrogens is 292 g/mol. The second kappa shape index (κ2) is 7.99. The van der Waals surface area contributed by atoms with Gasteiger partial charge in [-0.1, -0.05) is 30.3 Å². The van der Waals surface area contributed by atoms with Gasteiger partial charge in [-0.05, 0) is 31.2 Å². The maximum atomic E-state index is 12.4. The van der Waals surface area contributed by atoms with Crippen LogP contribution in [0, 0.1) is 5.92 Å². The van der Waals surface area contributed by atoms with Gasteiger partial charge in [-0.25, -0.2) is 4.79 Å². The highest BCUT2D eigenvalue weighted by molar-refractivity contribution is 5.76. The number of carbonyl (C=O) groups excluding carboxylic acids is 2. The maximum absolute atomic E-state index is 12.4. The summed E-state index contributed by atoms with van der Waals surface area (Å²) in [7, 11) is 3.53. The lowest BCUT2D eigenvalue weighted by Crippen LogP contribution is -2.48. The van der Waals surface area contributed by atoms with Gasteiger partial charge in [0, 0.05) is 33.1 Å². The van der Waals surface area contributed by atoms with E-state index in [2.05, 4.69) is 0 Å². The van der Waals surface area contributed by atoms with E-state index in [1.807, 2.05) is 37.3 Å². The lowest BCUT2D eigenvalue weighted by atomic mass is 9.87. The molecule has 126 valence electrons. The molecule has 1 aromatic rings. The molecule has 1 heterocycles. The van der Waals surface area contributed by atoms with Crippen LogP contribution in [0.15, 0.2) is 30.3 Å². The summed E-state index contributed by atoms with van der Waals surface area (Å²) in [5, 5.41) is 0. The summed E-state index contributed by atoms with van der Waals surface area (Å²) in [6.45, 7) is 2.99. The summed E-state index contributed by atoms with van der Waals surface area (Å²) in [5.74, 6) is 0.310. The summed E-state index contributed by atoms with van der Waals surface area (Å²) in [4.78, 5) is 27.7. The van der Waals surface area contributed by atoms with E-state index in [0.29, 0.717) is 13.0 Å². The second-order valence-corrected chi connectivity index (χ2v) is 6.37. The summed E-state index contributed by atoms with van der Waals surface area (Å²) < 4.78 is 5.43. The van der Waals surface area contributed by atoms with Gasteiger partial charge in [0.05, 0.1) is 0 Å². The quantitative estimate of drug-likeness (QED) is 0.857. The predicted octanol–water partition coefficient (Wildman–Crippen LogP) is 2.90. The van der Waals surface area contributed by atoms with Crippen molar-refractivity contribution < 1.29 is 14.3 Å². The smallest absolute Gasteiger partial charge is 0.410 e. The number of benzene rings is 1. The van der Waals surface area contributed by atoms with Crippen molar-refractivity contribution in [2.24, 2.45) is 5.92 Å². The number of hydrogen-bond donors (Lipinski definition) is 0. The number of nitrogens with zero attached hydrogens (tertiary/aromatic N) is 2. The van der Waals surface area contributed by atoms with Crippen molar-refractivity contribution in [3.8, 4) is 0 Å². The van der Waals surface area contributed by atoms with E-state index in [0.717, 1.165) is 18.4 Å². The standard InChI is InChI=1S/C18H26N2O3/c1-14-16(12-17(21)19(2)3)10-7-11-20(14)18(22)23-13-15-8-5-4-6-9-15/h4-6,8-9,14,16H,7,10-13H2,1-3H3/t14-,16+/m1/s1. The van der Waals surface area contributed by atoms with Crippen LogP contribution in [0.2, 0.25) is 0 Å². The van der Waals surface area contributed by atoms with Crippen molar-refractivity contribution in [3.63, 3.8) is 0 Å². The van der Waals surface area contributed by atoms with Gasteiger partial charge in [0.2, 0.25) is 5.91 Å². The number of piperidine rings is 1. The minimum atomic E-state index is -0.289. The molecule has 0 unspecified atom stereocenters. The first-order chi connectivity index (χ1) is 11.0. The van der Waals surface area contributed by atoms with Gasteiger partial charge >= 0.3 is 6.09 Å². The summed E-state index contributed by atoms with van der Waals surface area (Å²) >= 11 is 0. The minimum Gasteiger partial charge on any atom is -0.445 e. The molecule has 1 aromatic carbocycles. The lowest BCUT2D eigenvalue weighted by molar-refractivity contribution is -0.130. The van der Waals surface area contributed by atoms with Crippen molar-refractivity contribution in [2.45, 2.75) is 38.8 Å². The fourth-order valence-corrected chi connectivity index (χ4v) is 2.96. The van der Waals surface area contributed by atoms with Crippen LogP contribution < -0.4 is 0 Å². The molecule has 0 aromatic heterocycles. The third kappa shape index (κ3) is 4.71. The zero-order valence-corrected chi connectivity index (χ0v) is 14.2. The predicted molar refractivity (Wildman–Crippen MR) is 88.8 cm³/mol. The van der Waals surface area contributed by atoms with E-state index >= 15 is 0 Å². The largest absolute Gasteiger partial charge is 0.445 e. The topological polar surface area (TPSA) is 49.9 Å². The van der Waals surface area contributed by atoms with Gasteiger partial charge in [0.15, 0.2) is 0 Å². The average Bonchev–Trinajstić information content (AvgIpc) is 2.55. The zero-order chi connectivity index (χ0) is 16.8. The first kappa shape index (κ1) is 17.3. The van der Waals surface area contributed by atoms with E-state index in [1.165, 1.54) is 0 Å². The molecule has 1 aliphatic rings. The molecule has 5 nitrogen and oxygen atoms in total. The highest BCUT2D eigenvalue weighted by Crippen LogP contribution is 2.27. The number of rotatable bonds is 4. The van der Waals surface area contributed by atoms with Crippen molar-refractivity contribution in [2.75, 3.05) is 20.6 Å². The third-order valence-electron chi connectivity index (χ3n) is 4.52. The van der Waals surface area contributed by atoms with Crippen molar-refractivity contribution >= 4 is 12.0 Å². The number of carbonyl (C=O) groups is 2. The Morgan fingerprint density at radius 3 is 2.61 bits per heavy atom. The molecule has 0 N–H and O–H groups in total. The van der Waals surface area contributed by atoms with Crippen LogP contribution in [0.3, 0.4) is 0 Å². The summed E-state index contributed by atoms with van der Waals surface area (Å²) in [6.07, 6.45) is 2.08. The van der Waals surface area contributed by atoms with Gasteiger partial charge < -0.3 is 14.5 Å². The van der Waals surface area contributed by atoms with E-state index in [4.69, 9.17) is 4.74 Å². The van der Waals surface area contributed by atoms with Gasteiger partial charge in [-0.2, -0.15) is 0 Å². The number of ether oxygens (including phenoxy) is 1. The third-order valence-corrected chi connectivity index (χ3v) is 4.52. The fourth-order valence-electron chi connectivity index (χ4n) is 2.96. The summed E-state index contributed by atoms with van der Waals surface area (Å²) in [5.41, 5.74) is 0.977. The first-order valence-corrected chi connectivity index (χ1v) is 8.16. The fraction of sp³-hybridized carbons (Fsp3) is 0.556. The molecular formula is C18H26N2O3. The normalized spacial score (nSPS) is 20.9. The van der Waals surface area contributed by atoms with Crippen LogP contribution in [-0.2, 0) is 16.1 Å². The number of hydrogen-bond acceptors (Lipinski definition) is 3. The van der Waals surface area contributed by atoms with E-state index < -0.39 is 0 Å². The molecule has 0 saturated carbocycles. The monoisotopic (exact) mass is 318 g/mol. The Hall–Kier alpha value is -2.04. The van der Waals surface area contributed by atoms with Crippen molar-refractivity contribution in [1.29, 1.82) is 0 Å². The Labute approximate surface area is 138 Å². The highest BCUT2D eigenvalue weighted by atomic mass is 16.6. The van der Waals surface area contributed by atoms with Gasteiger partial charge in [0.25, 0.3) is 0 Å². The molecule has 2 rings (SSSR count). The molecule has 0 bridgehead atoms. The Balaban J connectivity index is 1.90. The molecule has 23 heavy (non-hydrogen) atoms. The molecule has 1 saturated heterocycles. The van der Waals surface area contributed by atoms with Crippen molar-refractivity contribution in [3.05, 3.63) is 35.9 Å². The van der Waals surface area contributed by atoms with E-state index in [9.17, 15) is 9.59 Å². The van der Waals surface area contributed by atoms with E-state index in [1.54, 1.807) is 23.9 Å². The number of likely N-dealkylation sites (tertiary alicyclic amines) is 1. The SMILES string of the molecule is C[C@@H]1[C@H](CC(=O)N(C)C)CCCN1C(=O)OCc1ccccc1. The van der Waals surface area contributed by atoms with Crippen LogP contribution in [0.4, 0.5) is 4.79 Å². The Morgan fingerprint density at radius 1 is 1.26 bits per heavy atom. The van der Waals surface area contributed by atoms with Crippen molar-refractivity contribution in [1.82, 2.24) is 9.80 Å². The van der Waals surface area contributed by atoms with Gasteiger partial charge in [0.1, 0.15) is 6.61 Å². The van der Waals surface area contributed by atoms with Crippen LogP contribution in [-0.4, -0.2) is 48.5 Å². The van der Waals surface area contributed by atoms with Crippen LogP contribution in [0.25, 0.3) is 0 Å². The van der Waals surface area contributed by atoms with Crippen LogP contribution in [0.5, 0.6) is 0 Å². The molecule has 0 radical (unpaired) electrons. The molecule has 1 aliphatic heterocycles. The first-order valence-electron chi connectivity index (χ1n) is 8.16. The Morgan fingerprint density at radius 2 is 1.96 bits per heavy atom. The number of amides is 2.